The van der Waals surface area contributed by atoms with Crippen molar-refractivity contribution in [2.75, 3.05) is 7.11 Å². The van der Waals surface area contributed by atoms with Gasteiger partial charge in [-0.1, -0.05) is 0 Å². The van der Waals surface area contributed by atoms with E-state index in [4.69, 9.17) is 9.31 Å². The van der Waals surface area contributed by atoms with Crippen LogP contribution < -0.4 is 0 Å². The van der Waals surface area contributed by atoms with Gasteiger partial charge in [0.05, 0.1) is 23.9 Å². The molecule has 0 amide bonds. The second kappa shape index (κ2) is 6.55. The molecule has 10 heteroatoms. The van der Waals surface area contributed by atoms with Gasteiger partial charge in [-0.15, -0.1) is 0 Å². The Morgan fingerprint density at radius 2 is 1.80 bits per heavy atom. The molecule has 0 aromatic heterocycles. The minimum Gasteiger partial charge on any atom is -0.466 e. The van der Waals surface area contributed by atoms with Gasteiger partial charge in [0.15, 0.2) is 0 Å². The fraction of sp³-hybridized carbons (Fsp3) is 0.667. The van der Waals surface area contributed by atoms with Crippen LogP contribution in [0.3, 0.4) is 0 Å². The SMILES string of the molecule is COC(=O)C1=CN(B2OC(C)(C)C(C)(C)O2)C(C)=C(SC(F)(F)F)C1. The Morgan fingerprint density at radius 1 is 1.28 bits per heavy atom. The third-order valence-corrected chi connectivity index (χ3v) is 5.51. The van der Waals surface area contributed by atoms with Crippen LogP contribution in [0.1, 0.15) is 41.0 Å². The fourth-order valence-electron chi connectivity index (χ4n) is 2.41. The second-order valence-electron chi connectivity index (χ2n) is 6.85. The van der Waals surface area contributed by atoms with Gasteiger partial charge in [-0.25, -0.2) is 4.79 Å². The molecular weight excluding hydrogens is 358 g/mol. The van der Waals surface area contributed by atoms with Crippen LogP contribution in [0.2, 0.25) is 0 Å². The van der Waals surface area contributed by atoms with Gasteiger partial charge in [0.2, 0.25) is 0 Å². The van der Waals surface area contributed by atoms with E-state index in [1.807, 2.05) is 27.7 Å². The first-order valence-electron chi connectivity index (χ1n) is 7.66. The summed E-state index contributed by atoms with van der Waals surface area (Å²) in [5.41, 5.74) is -5.35. The van der Waals surface area contributed by atoms with E-state index >= 15 is 0 Å². The highest BCUT2D eigenvalue weighted by Gasteiger charge is 2.55. The number of carbonyl (C=O) groups excluding carboxylic acids is 1. The molecule has 2 aliphatic rings. The molecule has 25 heavy (non-hydrogen) atoms. The van der Waals surface area contributed by atoms with Gasteiger partial charge in [-0.05, 0) is 46.4 Å². The maximum atomic E-state index is 12.9. The fourth-order valence-corrected chi connectivity index (χ4v) is 3.17. The van der Waals surface area contributed by atoms with Crippen LogP contribution in [0.4, 0.5) is 13.2 Å². The van der Waals surface area contributed by atoms with E-state index < -0.39 is 29.9 Å². The van der Waals surface area contributed by atoms with E-state index in [2.05, 4.69) is 4.74 Å². The van der Waals surface area contributed by atoms with Gasteiger partial charge < -0.3 is 18.9 Å². The van der Waals surface area contributed by atoms with E-state index in [0.717, 1.165) is 0 Å². The molecule has 0 unspecified atom stereocenters. The lowest BCUT2D eigenvalue weighted by Crippen LogP contribution is -2.41. The van der Waals surface area contributed by atoms with Crippen LogP contribution in [0.5, 0.6) is 0 Å². The lowest BCUT2D eigenvalue weighted by molar-refractivity contribution is -0.136. The van der Waals surface area contributed by atoms with Crippen molar-refractivity contribution in [2.24, 2.45) is 0 Å². The van der Waals surface area contributed by atoms with Crippen LogP contribution in [-0.4, -0.2) is 41.9 Å². The summed E-state index contributed by atoms with van der Waals surface area (Å²) in [5, 5.41) is 0. The van der Waals surface area contributed by atoms with Crippen molar-refractivity contribution in [1.29, 1.82) is 0 Å². The Balaban J connectivity index is 2.39. The molecule has 5 nitrogen and oxygen atoms in total. The average molecular weight is 379 g/mol. The van der Waals surface area contributed by atoms with Crippen molar-refractivity contribution >= 4 is 25.0 Å². The smallest absolute Gasteiger partial charge is 0.466 e. The van der Waals surface area contributed by atoms with E-state index in [9.17, 15) is 18.0 Å². The highest BCUT2D eigenvalue weighted by atomic mass is 32.2. The number of thioether (sulfide) groups is 1. The molecule has 2 aliphatic heterocycles. The highest BCUT2D eigenvalue weighted by Crippen LogP contribution is 2.45. The topological polar surface area (TPSA) is 48.0 Å². The number of allylic oxidation sites excluding steroid dienone is 2. The summed E-state index contributed by atoms with van der Waals surface area (Å²) in [4.78, 5) is 13.3. The number of ether oxygens (including phenoxy) is 1. The van der Waals surface area contributed by atoms with Crippen LogP contribution in [0.15, 0.2) is 22.4 Å². The molecule has 0 aromatic carbocycles. The van der Waals surface area contributed by atoms with Gasteiger partial charge in [-0.3, -0.25) is 0 Å². The second-order valence-corrected chi connectivity index (χ2v) is 8.01. The number of hydrogen-bond acceptors (Lipinski definition) is 6. The Hall–Kier alpha value is -1.13. The molecular formula is C15H21BF3NO4S. The third kappa shape index (κ3) is 4.17. The van der Waals surface area contributed by atoms with Gasteiger partial charge in [0.1, 0.15) is 0 Å². The standard InChI is InChI=1S/C15H21BF3NO4S/c1-9-11(25-15(17,18)19)7-10(12(21)22-6)8-20(9)16-23-13(2,3)14(4,5)24-16/h8H,7H2,1-6H3. The van der Waals surface area contributed by atoms with E-state index in [1.165, 1.54) is 18.1 Å². The maximum Gasteiger partial charge on any atom is 0.598 e. The first-order valence-corrected chi connectivity index (χ1v) is 8.47. The van der Waals surface area contributed by atoms with E-state index in [1.54, 1.807) is 6.92 Å². The van der Waals surface area contributed by atoms with E-state index in [-0.39, 0.29) is 28.7 Å². The zero-order valence-electron chi connectivity index (χ0n) is 15.0. The Kier molecular flexibility index (Phi) is 5.29. The third-order valence-electron chi connectivity index (χ3n) is 4.59. The summed E-state index contributed by atoms with van der Waals surface area (Å²) >= 11 is -0.242. The summed E-state index contributed by atoms with van der Waals surface area (Å²) in [6.45, 7) is 8.90. The lowest BCUT2D eigenvalue weighted by Gasteiger charge is -2.32. The van der Waals surface area contributed by atoms with Crippen LogP contribution in [0.25, 0.3) is 0 Å². The molecule has 0 aromatic rings. The molecule has 0 bridgehead atoms. The van der Waals surface area contributed by atoms with Gasteiger partial charge in [0, 0.05) is 23.2 Å². The number of hydrogen-bond donors (Lipinski definition) is 0. The number of rotatable bonds is 3. The van der Waals surface area contributed by atoms with Crippen molar-refractivity contribution in [1.82, 2.24) is 4.81 Å². The van der Waals surface area contributed by atoms with Crippen molar-refractivity contribution in [3.05, 3.63) is 22.4 Å². The molecule has 0 radical (unpaired) electrons. The van der Waals surface area contributed by atoms with Crippen LogP contribution in [0, 0.1) is 0 Å². The molecule has 0 aliphatic carbocycles. The summed E-state index contributed by atoms with van der Waals surface area (Å²) in [7, 11) is 0.248. The molecule has 1 saturated heterocycles. The quantitative estimate of drug-likeness (QED) is 0.549. The van der Waals surface area contributed by atoms with Crippen molar-refractivity contribution in [2.45, 2.75) is 57.7 Å². The van der Waals surface area contributed by atoms with Crippen LogP contribution >= 0.6 is 11.8 Å². The average Bonchev–Trinajstić information content (AvgIpc) is 2.67. The van der Waals surface area contributed by atoms with Crippen molar-refractivity contribution in [3.8, 4) is 0 Å². The van der Waals surface area contributed by atoms with Crippen LogP contribution in [-0.2, 0) is 18.8 Å². The normalized spacial score (nSPS) is 23.0. The lowest BCUT2D eigenvalue weighted by atomic mass is 9.90. The first-order chi connectivity index (χ1) is 11.3. The zero-order chi connectivity index (χ0) is 19.2. The van der Waals surface area contributed by atoms with Crippen molar-refractivity contribution in [3.63, 3.8) is 0 Å². The summed E-state index contributed by atoms with van der Waals surface area (Å²) in [6, 6.07) is 0. The largest absolute Gasteiger partial charge is 0.598 e. The molecule has 0 N–H and O–H groups in total. The minimum absolute atomic E-state index is 0.00473. The Bertz CT molecular complexity index is 615. The molecule has 2 heterocycles. The molecule has 1 fully saturated rings. The van der Waals surface area contributed by atoms with Gasteiger partial charge in [-0.2, -0.15) is 13.2 Å². The summed E-state index contributed by atoms with van der Waals surface area (Å²) < 4.78 is 55.1. The Morgan fingerprint density at radius 3 is 2.24 bits per heavy atom. The molecule has 0 saturated carbocycles. The highest BCUT2D eigenvalue weighted by molar-refractivity contribution is 8.03. The molecule has 2 rings (SSSR count). The molecule has 140 valence electrons. The summed E-state index contributed by atoms with van der Waals surface area (Å²) in [5.74, 6) is -0.686. The number of halogens is 3. The first kappa shape index (κ1) is 20.2. The number of nitrogens with zero attached hydrogens (tertiary/aromatic N) is 1. The molecule has 0 atom stereocenters. The number of alkyl halides is 3. The van der Waals surface area contributed by atoms with E-state index in [0.29, 0.717) is 5.70 Å². The van der Waals surface area contributed by atoms with Gasteiger partial charge in [0.25, 0.3) is 0 Å². The number of methoxy groups -OCH3 is 1. The zero-order valence-corrected chi connectivity index (χ0v) is 15.8. The number of esters is 1. The monoisotopic (exact) mass is 379 g/mol. The summed E-state index contributed by atoms with van der Waals surface area (Å²) in [6.07, 6.45) is 1.28. The minimum atomic E-state index is -4.46. The number of carbonyl (C=O) groups is 1. The predicted octanol–water partition coefficient (Wildman–Crippen LogP) is 3.82. The van der Waals surface area contributed by atoms with Gasteiger partial charge >= 0.3 is 18.7 Å². The maximum absolute atomic E-state index is 12.9. The van der Waals surface area contributed by atoms with Crippen molar-refractivity contribution < 1.29 is 32.0 Å². The Labute approximate surface area is 149 Å². The predicted molar refractivity (Wildman–Crippen MR) is 89.0 cm³/mol. The molecule has 0 spiro atoms.